The van der Waals surface area contributed by atoms with Gasteiger partial charge in [0.05, 0.1) is 0 Å². The number of aryl methyl sites for hydroxylation is 1. The zero-order valence-corrected chi connectivity index (χ0v) is 12.0. The Morgan fingerprint density at radius 1 is 1.22 bits per heavy atom. The molecule has 0 radical (unpaired) electrons. The molecule has 4 heteroatoms. The third-order valence-electron chi connectivity index (χ3n) is 3.35. The number of thiocarbonyl (C=S) groups is 1. The number of nitrogens with one attached hydrogen (secondary N) is 1. The molecule has 1 saturated heterocycles. The van der Waals surface area contributed by atoms with Crippen LogP contribution in [0, 0.1) is 6.92 Å². The predicted octanol–water partition coefficient (Wildman–Crippen LogP) is 2.01. The van der Waals surface area contributed by atoms with Crippen molar-refractivity contribution in [3.05, 3.63) is 29.8 Å². The van der Waals surface area contributed by atoms with Gasteiger partial charge in [-0.3, -0.25) is 0 Å². The van der Waals surface area contributed by atoms with Gasteiger partial charge in [-0.2, -0.15) is 0 Å². The van der Waals surface area contributed by atoms with E-state index < -0.39 is 0 Å². The molecule has 0 bridgehead atoms. The zero-order chi connectivity index (χ0) is 13.0. The van der Waals surface area contributed by atoms with Crippen molar-refractivity contribution in [3.8, 4) is 0 Å². The van der Waals surface area contributed by atoms with Crippen LogP contribution in [0.1, 0.15) is 12.5 Å². The van der Waals surface area contributed by atoms with Gasteiger partial charge in [-0.1, -0.05) is 18.2 Å². The van der Waals surface area contributed by atoms with Crippen LogP contribution in [0.2, 0.25) is 0 Å². The van der Waals surface area contributed by atoms with E-state index in [2.05, 4.69) is 53.2 Å². The molecule has 1 heterocycles. The third kappa shape index (κ3) is 2.93. The van der Waals surface area contributed by atoms with Gasteiger partial charge in [0.2, 0.25) is 0 Å². The minimum Gasteiger partial charge on any atom is -0.368 e. The van der Waals surface area contributed by atoms with Crippen molar-refractivity contribution in [1.29, 1.82) is 0 Å². The first kappa shape index (κ1) is 13.1. The van der Waals surface area contributed by atoms with Crippen molar-refractivity contribution in [2.75, 3.05) is 37.6 Å². The summed E-state index contributed by atoms with van der Waals surface area (Å²) in [5.41, 5.74) is 2.70. The number of benzene rings is 1. The van der Waals surface area contributed by atoms with Crippen LogP contribution < -0.4 is 10.2 Å². The Morgan fingerprint density at radius 3 is 2.50 bits per heavy atom. The summed E-state index contributed by atoms with van der Waals surface area (Å²) in [6.45, 7) is 9.23. The van der Waals surface area contributed by atoms with E-state index >= 15 is 0 Å². The summed E-state index contributed by atoms with van der Waals surface area (Å²) >= 11 is 5.35. The SMILES string of the molecule is CCNC(=S)N1CCN(c2ccccc2C)CC1. The largest absolute Gasteiger partial charge is 0.368 e. The maximum Gasteiger partial charge on any atom is 0.169 e. The lowest BCUT2D eigenvalue weighted by atomic mass is 10.1. The minimum atomic E-state index is 0.891. The van der Waals surface area contributed by atoms with Crippen LogP contribution >= 0.6 is 12.2 Å². The first-order chi connectivity index (χ1) is 8.72. The van der Waals surface area contributed by atoms with Crippen LogP contribution in [0.4, 0.5) is 5.69 Å². The lowest BCUT2D eigenvalue weighted by Gasteiger charge is -2.38. The third-order valence-corrected chi connectivity index (χ3v) is 3.75. The summed E-state index contributed by atoms with van der Waals surface area (Å²) in [7, 11) is 0. The van der Waals surface area contributed by atoms with Crippen molar-refractivity contribution in [2.24, 2.45) is 0 Å². The fourth-order valence-corrected chi connectivity index (χ4v) is 2.66. The molecule has 18 heavy (non-hydrogen) atoms. The van der Waals surface area contributed by atoms with Crippen LogP contribution in [0.15, 0.2) is 24.3 Å². The molecule has 1 aliphatic rings. The van der Waals surface area contributed by atoms with E-state index in [9.17, 15) is 0 Å². The van der Waals surface area contributed by atoms with Crippen molar-refractivity contribution >= 4 is 23.0 Å². The quantitative estimate of drug-likeness (QED) is 0.822. The van der Waals surface area contributed by atoms with Gasteiger partial charge in [0.15, 0.2) is 5.11 Å². The summed E-state index contributed by atoms with van der Waals surface area (Å²) in [6, 6.07) is 8.58. The fourth-order valence-electron chi connectivity index (χ4n) is 2.33. The average Bonchev–Trinajstić information content (AvgIpc) is 2.40. The van der Waals surface area contributed by atoms with E-state index in [1.807, 2.05) is 0 Å². The van der Waals surface area contributed by atoms with Crippen molar-refractivity contribution in [3.63, 3.8) is 0 Å². The highest BCUT2D eigenvalue weighted by atomic mass is 32.1. The number of hydrogen-bond acceptors (Lipinski definition) is 2. The maximum atomic E-state index is 5.35. The number of nitrogens with zero attached hydrogens (tertiary/aromatic N) is 2. The molecule has 1 aliphatic heterocycles. The Balaban J connectivity index is 1.95. The van der Waals surface area contributed by atoms with Crippen molar-refractivity contribution in [1.82, 2.24) is 10.2 Å². The molecular formula is C14H21N3S. The molecule has 3 nitrogen and oxygen atoms in total. The normalized spacial score (nSPS) is 15.7. The van der Waals surface area contributed by atoms with Crippen LogP contribution in [-0.2, 0) is 0 Å². The molecule has 1 aromatic carbocycles. The molecule has 98 valence electrons. The number of rotatable bonds is 2. The summed E-state index contributed by atoms with van der Waals surface area (Å²) in [4.78, 5) is 4.70. The molecule has 1 fully saturated rings. The summed E-state index contributed by atoms with van der Waals surface area (Å²) in [5, 5.41) is 4.11. The Hall–Kier alpha value is -1.29. The summed E-state index contributed by atoms with van der Waals surface area (Å²) in [6.07, 6.45) is 0. The molecule has 1 N–H and O–H groups in total. The molecule has 0 unspecified atom stereocenters. The molecule has 0 aromatic heterocycles. The number of anilines is 1. The van der Waals surface area contributed by atoms with E-state index in [1.54, 1.807) is 0 Å². The Bertz CT molecular complexity index is 411. The standard InChI is InChI=1S/C14H21N3S/c1-3-15-14(18)17-10-8-16(9-11-17)13-7-5-4-6-12(13)2/h4-7H,3,8-11H2,1-2H3,(H,15,18). The topological polar surface area (TPSA) is 18.5 Å². The maximum absolute atomic E-state index is 5.35. The molecule has 1 aromatic rings. The van der Waals surface area contributed by atoms with Crippen LogP contribution in [-0.4, -0.2) is 42.7 Å². The molecule has 0 aliphatic carbocycles. The number of hydrogen-bond donors (Lipinski definition) is 1. The Kier molecular flexibility index (Phi) is 4.42. The van der Waals surface area contributed by atoms with Crippen molar-refractivity contribution < 1.29 is 0 Å². The van der Waals surface area contributed by atoms with Gasteiger partial charge in [-0.05, 0) is 37.7 Å². The Morgan fingerprint density at radius 2 is 1.89 bits per heavy atom. The van der Waals surface area contributed by atoms with Crippen molar-refractivity contribution in [2.45, 2.75) is 13.8 Å². The molecular weight excluding hydrogens is 242 g/mol. The smallest absolute Gasteiger partial charge is 0.169 e. The van der Waals surface area contributed by atoms with E-state index in [-0.39, 0.29) is 0 Å². The molecule has 2 rings (SSSR count). The first-order valence-electron chi connectivity index (χ1n) is 6.55. The zero-order valence-electron chi connectivity index (χ0n) is 11.1. The molecule has 0 saturated carbocycles. The van der Waals surface area contributed by atoms with E-state index in [1.165, 1.54) is 11.3 Å². The van der Waals surface area contributed by atoms with Crippen LogP contribution in [0.5, 0.6) is 0 Å². The monoisotopic (exact) mass is 263 g/mol. The highest BCUT2D eigenvalue weighted by Crippen LogP contribution is 2.20. The molecule has 0 atom stereocenters. The van der Waals surface area contributed by atoms with Crippen LogP contribution in [0.25, 0.3) is 0 Å². The van der Waals surface area contributed by atoms with E-state index in [0.29, 0.717) is 0 Å². The highest BCUT2D eigenvalue weighted by Gasteiger charge is 2.19. The van der Waals surface area contributed by atoms with Gasteiger partial charge in [-0.25, -0.2) is 0 Å². The van der Waals surface area contributed by atoms with Gasteiger partial charge in [0, 0.05) is 38.4 Å². The lowest BCUT2D eigenvalue weighted by Crippen LogP contribution is -2.51. The molecule has 0 amide bonds. The van der Waals surface area contributed by atoms with Gasteiger partial charge in [-0.15, -0.1) is 0 Å². The summed E-state index contributed by atoms with van der Waals surface area (Å²) < 4.78 is 0. The fraction of sp³-hybridized carbons (Fsp3) is 0.500. The van der Waals surface area contributed by atoms with Gasteiger partial charge in [0.25, 0.3) is 0 Å². The summed E-state index contributed by atoms with van der Waals surface area (Å²) in [5.74, 6) is 0. The van der Waals surface area contributed by atoms with E-state index in [4.69, 9.17) is 12.2 Å². The molecule has 0 spiro atoms. The minimum absolute atomic E-state index is 0.891. The number of para-hydroxylation sites is 1. The number of piperazine rings is 1. The first-order valence-corrected chi connectivity index (χ1v) is 6.96. The van der Waals surface area contributed by atoms with Crippen LogP contribution in [0.3, 0.4) is 0 Å². The van der Waals surface area contributed by atoms with Gasteiger partial charge in [0.1, 0.15) is 0 Å². The highest BCUT2D eigenvalue weighted by molar-refractivity contribution is 7.80. The second-order valence-corrected chi connectivity index (χ2v) is 4.98. The van der Waals surface area contributed by atoms with Gasteiger partial charge < -0.3 is 15.1 Å². The Labute approximate surface area is 115 Å². The van der Waals surface area contributed by atoms with E-state index in [0.717, 1.165) is 37.8 Å². The predicted molar refractivity (Wildman–Crippen MR) is 81.2 cm³/mol. The average molecular weight is 263 g/mol. The second-order valence-electron chi connectivity index (χ2n) is 4.60. The van der Waals surface area contributed by atoms with Gasteiger partial charge >= 0.3 is 0 Å². The second kappa shape index (κ2) is 6.05. The lowest BCUT2D eigenvalue weighted by molar-refractivity contribution is 0.381.